The summed E-state index contributed by atoms with van der Waals surface area (Å²) in [5, 5.41) is 4.51. The molecule has 7 nitrogen and oxygen atoms in total. The van der Waals surface area contributed by atoms with E-state index < -0.39 is 6.10 Å². The number of rotatable bonds is 6. The van der Waals surface area contributed by atoms with Crippen molar-refractivity contribution in [1.29, 1.82) is 0 Å². The molecule has 3 heterocycles. The van der Waals surface area contributed by atoms with Crippen molar-refractivity contribution < 1.29 is 9.53 Å². The minimum absolute atomic E-state index is 0.0840. The predicted octanol–water partition coefficient (Wildman–Crippen LogP) is 2.48. The molecule has 30 heavy (non-hydrogen) atoms. The molecule has 0 bridgehead atoms. The Morgan fingerprint density at radius 3 is 2.80 bits per heavy atom. The summed E-state index contributed by atoms with van der Waals surface area (Å²) in [5.41, 5.74) is 3.74. The predicted molar refractivity (Wildman–Crippen MR) is 116 cm³/mol. The molecule has 3 aromatic rings. The van der Waals surface area contributed by atoms with Gasteiger partial charge in [0.1, 0.15) is 6.10 Å². The van der Waals surface area contributed by atoms with Crippen LogP contribution >= 0.6 is 0 Å². The fourth-order valence-corrected chi connectivity index (χ4v) is 3.75. The second kappa shape index (κ2) is 8.67. The van der Waals surface area contributed by atoms with Gasteiger partial charge in [-0.15, -0.1) is 0 Å². The number of Topliss-reactive ketones (excluding diaryl/α,β-unsaturated/α-hetero) is 1. The summed E-state index contributed by atoms with van der Waals surface area (Å²) in [5.74, 6) is 0.0840. The molecule has 1 saturated heterocycles. The van der Waals surface area contributed by atoms with Crippen molar-refractivity contribution in [2.24, 2.45) is 7.05 Å². The lowest BCUT2D eigenvalue weighted by molar-refractivity contribution is -0.130. The van der Waals surface area contributed by atoms with Gasteiger partial charge >= 0.3 is 0 Å². The summed E-state index contributed by atoms with van der Waals surface area (Å²) in [4.78, 5) is 26.6. The van der Waals surface area contributed by atoms with Gasteiger partial charge in [0.25, 0.3) is 5.56 Å². The number of aromatic nitrogens is 3. The number of morpholine rings is 1. The molecule has 1 atom stereocenters. The largest absolute Gasteiger partial charge is 0.367 e. The maximum atomic E-state index is 12.4. The third-order valence-electron chi connectivity index (χ3n) is 5.45. The highest BCUT2D eigenvalue weighted by Gasteiger charge is 2.27. The molecule has 0 radical (unpaired) electrons. The maximum absolute atomic E-state index is 12.4. The van der Waals surface area contributed by atoms with Crippen molar-refractivity contribution in [3.8, 4) is 11.1 Å². The first-order valence-electron chi connectivity index (χ1n) is 10.2. The molecule has 0 amide bonds. The number of nitrogens with zero attached hydrogens (tertiary/aromatic N) is 4. The third-order valence-corrected chi connectivity index (χ3v) is 5.45. The number of anilines is 1. The molecule has 0 unspecified atom stereocenters. The van der Waals surface area contributed by atoms with Crippen LogP contribution in [0.2, 0.25) is 0 Å². The van der Waals surface area contributed by atoms with Crippen LogP contribution in [0.15, 0.2) is 59.8 Å². The number of aryl methyl sites for hydroxylation is 1. The highest BCUT2D eigenvalue weighted by Crippen LogP contribution is 2.30. The number of pyridine rings is 1. The van der Waals surface area contributed by atoms with E-state index in [4.69, 9.17) is 4.74 Å². The Labute approximate surface area is 175 Å². The second-order valence-corrected chi connectivity index (χ2v) is 7.56. The minimum atomic E-state index is -0.457. The summed E-state index contributed by atoms with van der Waals surface area (Å²) in [7, 11) is 1.74. The Morgan fingerprint density at radius 1 is 1.23 bits per heavy atom. The van der Waals surface area contributed by atoms with Crippen molar-refractivity contribution in [3.63, 3.8) is 0 Å². The van der Waals surface area contributed by atoms with E-state index in [0.29, 0.717) is 32.7 Å². The topological polar surface area (TPSA) is 69.4 Å². The molecule has 1 fully saturated rings. The fourth-order valence-electron chi connectivity index (χ4n) is 3.75. The Balaban J connectivity index is 1.66. The number of carbonyl (C=O) groups excluding carboxylic acids is 1. The summed E-state index contributed by atoms with van der Waals surface area (Å²) in [6.45, 7) is 4.05. The van der Waals surface area contributed by atoms with E-state index in [-0.39, 0.29) is 11.3 Å². The van der Waals surface area contributed by atoms with Crippen LogP contribution in [0.1, 0.15) is 18.9 Å². The molecule has 1 aliphatic rings. The van der Waals surface area contributed by atoms with Crippen LogP contribution in [-0.2, 0) is 23.1 Å². The van der Waals surface area contributed by atoms with E-state index in [1.165, 1.54) is 5.56 Å². The van der Waals surface area contributed by atoms with Gasteiger partial charge in [-0.1, -0.05) is 37.3 Å². The van der Waals surface area contributed by atoms with Crippen LogP contribution in [0.3, 0.4) is 0 Å². The molecule has 0 aliphatic carbocycles. The average molecular weight is 406 g/mol. The van der Waals surface area contributed by atoms with Crippen LogP contribution in [0, 0.1) is 0 Å². The quantitative estimate of drug-likeness (QED) is 0.629. The van der Waals surface area contributed by atoms with Gasteiger partial charge in [0.05, 0.1) is 31.6 Å². The van der Waals surface area contributed by atoms with Crippen molar-refractivity contribution in [2.75, 3.05) is 24.6 Å². The summed E-state index contributed by atoms with van der Waals surface area (Å²) in [6, 6.07) is 11.8. The molecule has 2 aromatic heterocycles. The first-order chi connectivity index (χ1) is 14.5. The Bertz CT molecular complexity index is 1090. The molecule has 0 N–H and O–H groups in total. The van der Waals surface area contributed by atoms with Gasteiger partial charge in [0, 0.05) is 49.6 Å². The van der Waals surface area contributed by atoms with Crippen LogP contribution < -0.4 is 10.5 Å². The van der Waals surface area contributed by atoms with E-state index in [0.717, 1.165) is 16.8 Å². The highest BCUT2D eigenvalue weighted by molar-refractivity contribution is 5.84. The van der Waals surface area contributed by atoms with Crippen LogP contribution in [-0.4, -0.2) is 45.9 Å². The average Bonchev–Trinajstić information content (AvgIpc) is 3.23. The van der Waals surface area contributed by atoms with Crippen LogP contribution in [0.4, 0.5) is 5.69 Å². The Morgan fingerprint density at radius 2 is 2.03 bits per heavy atom. The molecule has 0 spiro atoms. The molecule has 1 aliphatic heterocycles. The van der Waals surface area contributed by atoms with Gasteiger partial charge in [-0.05, 0) is 5.56 Å². The minimum Gasteiger partial charge on any atom is -0.367 e. The number of benzene rings is 1. The maximum Gasteiger partial charge on any atom is 0.252 e. The van der Waals surface area contributed by atoms with E-state index in [9.17, 15) is 9.59 Å². The highest BCUT2D eigenvalue weighted by atomic mass is 16.5. The second-order valence-electron chi connectivity index (χ2n) is 7.56. The molecule has 4 rings (SSSR count). The Hall–Kier alpha value is -3.19. The number of carbonyl (C=O) groups is 1. The lowest BCUT2D eigenvalue weighted by Crippen LogP contribution is -2.46. The van der Waals surface area contributed by atoms with Gasteiger partial charge in [-0.25, -0.2) is 0 Å². The Kier molecular flexibility index (Phi) is 5.81. The monoisotopic (exact) mass is 406 g/mol. The van der Waals surface area contributed by atoms with Gasteiger partial charge in [0.2, 0.25) is 0 Å². The normalized spacial score (nSPS) is 16.6. The van der Waals surface area contributed by atoms with Gasteiger partial charge in [0.15, 0.2) is 5.78 Å². The zero-order chi connectivity index (χ0) is 21.1. The van der Waals surface area contributed by atoms with Gasteiger partial charge < -0.3 is 14.2 Å². The molecule has 1 aromatic carbocycles. The number of hydrogen-bond acceptors (Lipinski definition) is 5. The fraction of sp³-hybridized carbons (Fsp3) is 0.348. The van der Waals surface area contributed by atoms with Crippen molar-refractivity contribution >= 4 is 11.5 Å². The van der Waals surface area contributed by atoms with E-state index in [2.05, 4.69) is 22.1 Å². The van der Waals surface area contributed by atoms with Gasteiger partial charge in [-0.2, -0.15) is 5.10 Å². The number of ketones is 1. The van der Waals surface area contributed by atoms with E-state index in [1.807, 2.05) is 48.4 Å². The lowest BCUT2D eigenvalue weighted by atomic mass is 10.1. The zero-order valence-electron chi connectivity index (χ0n) is 17.3. The standard InChI is InChI=1S/C23H26N4O3/c1-3-21(28)22-16-26(9-10-30-22)20-11-23(29)25(2)15-19(20)18-12-24-27(14-18)13-17-7-5-4-6-8-17/h4-8,11-12,14-15,22H,3,9-10,13,16H2,1-2H3/t22-/m1/s1. The van der Waals surface area contributed by atoms with Crippen molar-refractivity contribution in [2.45, 2.75) is 26.0 Å². The summed E-state index contributed by atoms with van der Waals surface area (Å²) < 4.78 is 9.12. The first kappa shape index (κ1) is 20.1. The molecule has 0 saturated carbocycles. The molecular weight excluding hydrogens is 380 g/mol. The third kappa shape index (κ3) is 4.21. The SMILES string of the molecule is CCC(=O)[C@H]1CN(c2cc(=O)n(C)cc2-c2cnn(Cc3ccccc3)c2)CCO1. The number of ether oxygens (including phenoxy) is 1. The first-order valence-corrected chi connectivity index (χ1v) is 10.2. The van der Waals surface area contributed by atoms with Crippen LogP contribution in [0.25, 0.3) is 11.1 Å². The van der Waals surface area contributed by atoms with Crippen molar-refractivity contribution in [1.82, 2.24) is 14.3 Å². The van der Waals surface area contributed by atoms with Crippen molar-refractivity contribution in [3.05, 3.63) is 70.9 Å². The molecule has 7 heteroatoms. The zero-order valence-corrected chi connectivity index (χ0v) is 17.3. The molecular formula is C23H26N4O3. The van der Waals surface area contributed by atoms with E-state index >= 15 is 0 Å². The summed E-state index contributed by atoms with van der Waals surface area (Å²) in [6.07, 6.45) is 5.63. The van der Waals surface area contributed by atoms with Gasteiger partial charge in [-0.3, -0.25) is 14.3 Å². The van der Waals surface area contributed by atoms with Crippen LogP contribution in [0.5, 0.6) is 0 Å². The summed E-state index contributed by atoms with van der Waals surface area (Å²) >= 11 is 0. The number of hydrogen-bond donors (Lipinski definition) is 0. The van der Waals surface area contributed by atoms with E-state index in [1.54, 1.807) is 17.7 Å². The smallest absolute Gasteiger partial charge is 0.252 e. The lowest BCUT2D eigenvalue weighted by Gasteiger charge is -2.34. The molecule has 156 valence electrons.